The molecule has 2 aromatic carbocycles. The second-order valence-corrected chi connectivity index (χ2v) is 10.4. The van der Waals surface area contributed by atoms with Crippen LogP contribution in [-0.4, -0.2) is 31.4 Å². The van der Waals surface area contributed by atoms with Gasteiger partial charge in [-0.2, -0.15) is 10.4 Å². The van der Waals surface area contributed by atoms with E-state index in [4.69, 9.17) is 11.0 Å². The molecule has 1 aliphatic rings. The highest BCUT2D eigenvalue weighted by atomic mass is 32.2. The lowest BCUT2D eigenvalue weighted by molar-refractivity contribution is -0.0115. The zero-order valence-corrected chi connectivity index (χ0v) is 21.5. The average molecular weight is 542 g/mol. The number of nitrogens with two attached hydrogens (primary N) is 1. The number of hydrogen-bond acceptors (Lipinski definition) is 7. The van der Waals surface area contributed by atoms with Crippen molar-refractivity contribution in [3.8, 4) is 6.07 Å². The fourth-order valence-electron chi connectivity index (χ4n) is 4.89. The van der Waals surface area contributed by atoms with E-state index in [9.17, 15) is 13.6 Å². The molecular weight excluding hydrogens is 520 g/mol. The minimum absolute atomic E-state index is 0.0847. The Labute approximate surface area is 226 Å². The number of alkyl halides is 2. The first-order chi connectivity index (χ1) is 18.8. The van der Waals surface area contributed by atoms with Crippen molar-refractivity contribution in [1.29, 1.82) is 5.26 Å². The predicted molar refractivity (Wildman–Crippen MR) is 146 cm³/mol. The molecule has 0 saturated carbocycles. The van der Waals surface area contributed by atoms with Gasteiger partial charge in [-0.1, -0.05) is 24.3 Å². The minimum atomic E-state index is -2.99. The summed E-state index contributed by atoms with van der Waals surface area (Å²) in [5.74, 6) is -2.84. The van der Waals surface area contributed by atoms with E-state index in [0.717, 1.165) is 21.9 Å². The molecule has 0 aliphatic carbocycles. The van der Waals surface area contributed by atoms with E-state index in [2.05, 4.69) is 15.1 Å². The zero-order valence-electron chi connectivity index (χ0n) is 20.7. The van der Waals surface area contributed by atoms with Crippen LogP contribution in [0.15, 0.2) is 65.8 Å². The first kappa shape index (κ1) is 24.8. The number of nitrogens with zero attached hydrogens (tertiary/aromatic N) is 6. The number of thioether (sulfide) groups is 1. The number of hydrogen-bond donors (Lipinski definition) is 1. The van der Waals surface area contributed by atoms with E-state index < -0.39 is 11.8 Å². The number of pyridine rings is 2. The number of nitrogen functional groups attached to an aromatic ring is 1. The van der Waals surface area contributed by atoms with E-state index in [1.54, 1.807) is 23.0 Å². The number of benzene rings is 2. The Hall–Kier alpha value is -4.56. The predicted octanol–water partition coefficient (Wildman–Crippen LogP) is 5.40. The van der Waals surface area contributed by atoms with Crippen LogP contribution in [0.25, 0.3) is 21.8 Å². The summed E-state index contributed by atoms with van der Waals surface area (Å²) in [5, 5.41) is 15.0. The van der Waals surface area contributed by atoms with Gasteiger partial charge in [0.05, 0.1) is 40.4 Å². The summed E-state index contributed by atoms with van der Waals surface area (Å²) < 4.78 is 31.4. The van der Waals surface area contributed by atoms with Crippen molar-refractivity contribution in [3.63, 3.8) is 0 Å². The molecule has 4 heterocycles. The van der Waals surface area contributed by atoms with Gasteiger partial charge in [-0.25, -0.2) is 18.7 Å². The zero-order chi connectivity index (χ0) is 27.3. The Morgan fingerprint density at radius 3 is 2.82 bits per heavy atom. The first-order valence-electron chi connectivity index (χ1n) is 12.1. The number of carbonyl (C=O) groups is 1. The average Bonchev–Trinajstić information content (AvgIpc) is 3.33. The van der Waals surface area contributed by atoms with Gasteiger partial charge in [-0.3, -0.25) is 9.48 Å². The molecule has 0 radical (unpaired) electrons. The lowest BCUT2D eigenvalue weighted by atomic mass is 10.0. The molecule has 11 heteroatoms. The number of fused-ring (bicyclic) bond motifs is 4. The Kier molecular flexibility index (Phi) is 5.92. The highest BCUT2D eigenvalue weighted by molar-refractivity contribution is 7.99. The molecule has 3 aromatic heterocycles. The summed E-state index contributed by atoms with van der Waals surface area (Å²) >= 11 is 1.31. The summed E-state index contributed by atoms with van der Waals surface area (Å²) in [6.07, 6.45) is 2.73. The van der Waals surface area contributed by atoms with E-state index in [1.807, 2.05) is 31.3 Å². The Bertz CT molecular complexity index is 1810. The van der Waals surface area contributed by atoms with Crippen LogP contribution in [-0.2, 0) is 19.5 Å². The van der Waals surface area contributed by atoms with Gasteiger partial charge in [0.2, 0.25) is 0 Å². The van der Waals surface area contributed by atoms with Crippen molar-refractivity contribution in [2.24, 2.45) is 7.05 Å². The van der Waals surface area contributed by atoms with Crippen LogP contribution < -0.4 is 10.6 Å². The summed E-state index contributed by atoms with van der Waals surface area (Å²) in [6.45, 7) is 0.0857. The summed E-state index contributed by atoms with van der Waals surface area (Å²) in [4.78, 5) is 24.3. The minimum Gasteiger partial charge on any atom is -0.383 e. The van der Waals surface area contributed by atoms with Gasteiger partial charge in [0.15, 0.2) is 0 Å². The Morgan fingerprint density at radius 2 is 2.05 bits per heavy atom. The maximum absolute atomic E-state index is 14.8. The third-order valence-electron chi connectivity index (χ3n) is 6.83. The molecule has 1 aliphatic heterocycles. The van der Waals surface area contributed by atoms with Gasteiger partial charge in [-0.15, -0.1) is 11.8 Å². The molecule has 8 nitrogen and oxygen atoms in total. The van der Waals surface area contributed by atoms with E-state index in [1.165, 1.54) is 41.1 Å². The molecule has 0 saturated heterocycles. The number of aromatic nitrogens is 4. The van der Waals surface area contributed by atoms with Crippen molar-refractivity contribution >= 4 is 51.0 Å². The van der Waals surface area contributed by atoms with E-state index in [-0.39, 0.29) is 35.5 Å². The smallest absolute Gasteiger partial charge is 0.275 e. The Morgan fingerprint density at radius 1 is 1.21 bits per heavy atom. The lowest BCUT2D eigenvalue weighted by Gasteiger charge is -2.31. The first-order valence-corrected chi connectivity index (χ1v) is 13.1. The van der Waals surface area contributed by atoms with Crippen molar-refractivity contribution in [2.45, 2.75) is 23.8 Å². The monoisotopic (exact) mass is 541 g/mol. The Balaban J connectivity index is 1.48. The topological polar surface area (TPSA) is 114 Å². The summed E-state index contributed by atoms with van der Waals surface area (Å²) in [6, 6.07) is 15.2. The molecular formula is C28H21F2N7OS. The number of carbonyl (C=O) groups excluding carboxylic acids is 1. The van der Waals surface area contributed by atoms with Crippen molar-refractivity contribution in [3.05, 3.63) is 83.3 Å². The van der Waals surface area contributed by atoms with Crippen LogP contribution in [0.1, 0.15) is 33.6 Å². The third kappa shape index (κ3) is 4.23. The molecule has 6 rings (SSSR count). The number of nitriles is 1. The number of anilines is 2. The van der Waals surface area contributed by atoms with Gasteiger partial charge in [0.1, 0.15) is 17.6 Å². The molecule has 0 fully saturated rings. The highest BCUT2D eigenvalue weighted by Crippen LogP contribution is 2.48. The second-order valence-electron chi connectivity index (χ2n) is 9.27. The molecule has 2 N–H and O–H groups in total. The maximum Gasteiger partial charge on any atom is 0.275 e. The van der Waals surface area contributed by atoms with Crippen LogP contribution in [0.2, 0.25) is 0 Å². The standard InChI is InChI=1S/C28H21F2N7OS/c1-36-24-19-8-5-16(11-22(19)35-26(32)20(24)14-34-36)15-37(27(38)17-6-7-18(12-31)33-13-17)23-4-2-3-21-25(23)39-10-9-28(21,29)30/h2-8,11,13-14H,9-10,15H2,1H3,(H2,32,35). The van der Waals surface area contributed by atoms with Crippen molar-refractivity contribution in [2.75, 3.05) is 16.4 Å². The van der Waals surface area contributed by atoms with Gasteiger partial charge in [-0.05, 0) is 29.8 Å². The highest BCUT2D eigenvalue weighted by Gasteiger charge is 2.39. The number of halogens is 2. The summed E-state index contributed by atoms with van der Waals surface area (Å²) in [5.41, 5.74) is 9.11. The molecule has 0 spiro atoms. The maximum atomic E-state index is 14.8. The van der Waals surface area contributed by atoms with E-state index >= 15 is 0 Å². The van der Waals surface area contributed by atoms with Crippen LogP contribution in [0.5, 0.6) is 0 Å². The molecule has 0 unspecified atom stereocenters. The molecule has 5 aromatic rings. The quantitative estimate of drug-likeness (QED) is 0.324. The van der Waals surface area contributed by atoms with Crippen LogP contribution >= 0.6 is 11.8 Å². The summed E-state index contributed by atoms with van der Waals surface area (Å²) in [7, 11) is 1.83. The van der Waals surface area contributed by atoms with E-state index in [0.29, 0.717) is 21.9 Å². The van der Waals surface area contributed by atoms with Crippen LogP contribution in [0.3, 0.4) is 0 Å². The molecule has 1 amide bonds. The fraction of sp³-hybridized carbons (Fsp3) is 0.179. The van der Waals surface area contributed by atoms with Gasteiger partial charge in [0.25, 0.3) is 11.8 Å². The lowest BCUT2D eigenvalue weighted by Crippen LogP contribution is -2.32. The number of rotatable bonds is 4. The fourth-order valence-corrected chi connectivity index (χ4v) is 6.15. The van der Waals surface area contributed by atoms with Gasteiger partial charge < -0.3 is 10.6 Å². The van der Waals surface area contributed by atoms with Gasteiger partial charge in [0, 0.05) is 41.3 Å². The number of aryl methyl sites for hydroxylation is 1. The van der Waals surface area contributed by atoms with Gasteiger partial charge >= 0.3 is 0 Å². The number of amides is 1. The molecule has 39 heavy (non-hydrogen) atoms. The molecule has 0 atom stereocenters. The SMILES string of the molecule is Cn1ncc2c(N)nc3cc(CN(C(=O)c4ccc(C#N)nc4)c4cccc5c4SCCC5(F)F)ccc3c21. The third-order valence-corrected chi connectivity index (χ3v) is 7.95. The van der Waals surface area contributed by atoms with Crippen LogP contribution in [0.4, 0.5) is 20.3 Å². The molecule has 194 valence electrons. The van der Waals surface area contributed by atoms with Crippen molar-refractivity contribution in [1.82, 2.24) is 19.7 Å². The normalized spacial score (nSPS) is 14.2. The van der Waals surface area contributed by atoms with Crippen LogP contribution in [0, 0.1) is 11.3 Å². The molecule has 0 bridgehead atoms. The van der Waals surface area contributed by atoms with Crippen molar-refractivity contribution < 1.29 is 13.6 Å². The second kappa shape index (κ2) is 9.32. The largest absolute Gasteiger partial charge is 0.383 e.